The normalized spacial score (nSPS) is 18.4. The van der Waals surface area contributed by atoms with E-state index in [9.17, 15) is 24.6 Å². The van der Waals surface area contributed by atoms with Crippen molar-refractivity contribution in [1.29, 1.82) is 0 Å². The van der Waals surface area contributed by atoms with E-state index in [1.54, 1.807) is 24.3 Å². The first-order valence-electron chi connectivity index (χ1n) is 9.88. The van der Waals surface area contributed by atoms with Gasteiger partial charge in [0.05, 0.1) is 16.7 Å². The molecule has 33 heavy (non-hydrogen) atoms. The molecule has 5 rings (SSSR count). The largest absolute Gasteiger partial charge is 0.508 e. The van der Waals surface area contributed by atoms with Gasteiger partial charge < -0.3 is 29.5 Å². The van der Waals surface area contributed by atoms with Crippen LogP contribution in [0.15, 0.2) is 54.6 Å². The van der Waals surface area contributed by atoms with Crippen LogP contribution in [0, 0.1) is 0 Å². The Bertz CT molecular complexity index is 1360. The van der Waals surface area contributed by atoms with Gasteiger partial charge in [-0.1, -0.05) is 18.2 Å². The number of carbonyl (C=O) groups is 3. The Hall–Kier alpha value is -4.53. The lowest BCUT2D eigenvalue weighted by Gasteiger charge is -2.37. The molecular weight excluding hydrogens is 432 g/mol. The minimum atomic E-state index is -1.67. The molecule has 3 aromatic rings. The van der Waals surface area contributed by atoms with E-state index in [-0.39, 0.29) is 39.7 Å². The number of phenolic OH excluding ortho intramolecular Hbond substituents is 2. The maximum Gasteiger partial charge on any atom is 0.344 e. The Morgan fingerprint density at radius 2 is 1.70 bits per heavy atom. The summed E-state index contributed by atoms with van der Waals surface area (Å²) in [5.74, 6) is -3.41. The Kier molecular flexibility index (Phi) is 4.32. The van der Waals surface area contributed by atoms with Crippen LogP contribution in [0.1, 0.15) is 44.3 Å². The molecule has 1 spiro atoms. The second-order valence-electron chi connectivity index (χ2n) is 7.65. The summed E-state index contributed by atoms with van der Waals surface area (Å²) in [5, 5.41) is 29.4. The highest BCUT2D eigenvalue weighted by Crippen LogP contribution is 2.58. The molecule has 9 nitrogen and oxygen atoms in total. The van der Waals surface area contributed by atoms with Crippen LogP contribution in [-0.4, -0.2) is 39.3 Å². The van der Waals surface area contributed by atoms with E-state index in [0.717, 1.165) is 6.07 Å². The van der Waals surface area contributed by atoms with Gasteiger partial charge in [-0.25, -0.2) is 14.4 Å². The Morgan fingerprint density at radius 3 is 2.45 bits per heavy atom. The zero-order valence-electron chi connectivity index (χ0n) is 17.1. The Morgan fingerprint density at radius 1 is 0.970 bits per heavy atom. The molecule has 2 heterocycles. The number of fused-ring (bicyclic) bond motifs is 6. The minimum Gasteiger partial charge on any atom is -0.508 e. The van der Waals surface area contributed by atoms with Crippen LogP contribution in [0.25, 0.3) is 0 Å². The number of aliphatic carboxylic acids is 1. The van der Waals surface area contributed by atoms with Crippen LogP contribution in [-0.2, 0) is 19.9 Å². The maximum atomic E-state index is 13.1. The van der Waals surface area contributed by atoms with Gasteiger partial charge in [0.1, 0.15) is 23.0 Å². The summed E-state index contributed by atoms with van der Waals surface area (Å²) in [4.78, 5) is 37.2. The van der Waals surface area contributed by atoms with Gasteiger partial charge in [-0.2, -0.15) is 0 Å². The number of carboxylic acid groups (broad SMARTS) is 1. The van der Waals surface area contributed by atoms with Crippen LogP contribution >= 0.6 is 0 Å². The van der Waals surface area contributed by atoms with E-state index in [4.69, 9.17) is 19.3 Å². The van der Waals surface area contributed by atoms with Gasteiger partial charge in [0.25, 0.3) is 0 Å². The fourth-order valence-corrected chi connectivity index (χ4v) is 4.22. The van der Waals surface area contributed by atoms with Gasteiger partial charge >= 0.3 is 17.9 Å². The predicted molar refractivity (Wildman–Crippen MR) is 111 cm³/mol. The van der Waals surface area contributed by atoms with Gasteiger partial charge in [0.15, 0.2) is 11.7 Å². The third kappa shape index (κ3) is 2.89. The van der Waals surface area contributed by atoms with Crippen LogP contribution in [0.4, 0.5) is 0 Å². The number of hydrogen-bond donors (Lipinski definition) is 3. The van der Waals surface area contributed by atoms with Crippen LogP contribution in [0.2, 0.25) is 0 Å². The highest BCUT2D eigenvalue weighted by molar-refractivity contribution is 6.00. The number of ether oxygens (including phenoxy) is 3. The third-order valence-corrected chi connectivity index (χ3v) is 5.63. The summed E-state index contributed by atoms with van der Waals surface area (Å²) in [6.07, 6.45) is -1.47. The van der Waals surface area contributed by atoms with E-state index in [1.165, 1.54) is 31.2 Å². The number of esters is 2. The first kappa shape index (κ1) is 20.4. The lowest BCUT2D eigenvalue weighted by molar-refractivity contribution is -0.146. The summed E-state index contributed by atoms with van der Waals surface area (Å²) in [6.45, 7) is 1.19. The number of phenols is 2. The monoisotopic (exact) mass is 448 g/mol. The average molecular weight is 448 g/mol. The van der Waals surface area contributed by atoms with Gasteiger partial charge in [0.2, 0.25) is 0 Å². The van der Waals surface area contributed by atoms with Crippen molar-refractivity contribution in [3.63, 3.8) is 0 Å². The number of carboxylic acids is 1. The van der Waals surface area contributed by atoms with Gasteiger partial charge in [-0.15, -0.1) is 0 Å². The molecule has 0 radical (unpaired) electrons. The average Bonchev–Trinajstić information content (AvgIpc) is 3.05. The molecule has 2 atom stereocenters. The molecule has 0 saturated heterocycles. The molecular formula is C24H16O9. The second-order valence-corrected chi connectivity index (χ2v) is 7.65. The molecule has 0 aromatic heterocycles. The molecule has 9 heteroatoms. The third-order valence-electron chi connectivity index (χ3n) is 5.63. The van der Waals surface area contributed by atoms with Crippen LogP contribution in [0.3, 0.4) is 0 Å². The first-order valence-corrected chi connectivity index (χ1v) is 9.88. The summed E-state index contributed by atoms with van der Waals surface area (Å²) in [5.41, 5.74) is -0.829. The number of rotatable bonds is 3. The second kappa shape index (κ2) is 6.99. The molecule has 0 saturated carbocycles. The quantitative estimate of drug-likeness (QED) is 0.515. The van der Waals surface area contributed by atoms with E-state index >= 15 is 0 Å². The van der Waals surface area contributed by atoms with Crippen molar-refractivity contribution in [3.05, 3.63) is 82.4 Å². The van der Waals surface area contributed by atoms with Crippen molar-refractivity contribution in [2.45, 2.75) is 18.6 Å². The van der Waals surface area contributed by atoms with Crippen molar-refractivity contribution in [2.24, 2.45) is 0 Å². The van der Waals surface area contributed by atoms with Gasteiger partial charge in [-0.05, 0) is 31.2 Å². The molecule has 166 valence electrons. The van der Waals surface area contributed by atoms with E-state index in [1.807, 2.05) is 0 Å². The van der Waals surface area contributed by atoms with Crippen molar-refractivity contribution in [3.8, 4) is 23.0 Å². The zero-order chi connectivity index (χ0) is 23.5. The van der Waals surface area contributed by atoms with Crippen LogP contribution in [0.5, 0.6) is 23.0 Å². The molecule has 0 aliphatic carbocycles. The Labute approximate surface area is 186 Å². The van der Waals surface area contributed by atoms with Gasteiger partial charge in [0, 0.05) is 23.3 Å². The van der Waals surface area contributed by atoms with Crippen LogP contribution < -0.4 is 4.74 Å². The lowest BCUT2D eigenvalue weighted by atomic mass is 9.75. The van der Waals surface area contributed by atoms with Crippen molar-refractivity contribution in [2.75, 3.05) is 0 Å². The molecule has 2 aliphatic rings. The fraction of sp³-hybridized carbons (Fsp3) is 0.125. The molecule has 3 N–H and O–H groups in total. The molecule has 0 fully saturated rings. The molecule has 2 aliphatic heterocycles. The van der Waals surface area contributed by atoms with Crippen molar-refractivity contribution < 1.29 is 43.9 Å². The summed E-state index contributed by atoms with van der Waals surface area (Å²) < 4.78 is 16.9. The predicted octanol–water partition coefficient (Wildman–Crippen LogP) is 3.30. The number of benzene rings is 3. The van der Waals surface area contributed by atoms with Crippen molar-refractivity contribution >= 4 is 17.9 Å². The first-order chi connectivity index (χ1) is 15.7. The Balaban J connectivity index is 1.83. The standard InChI is InChI=1S/C24H16O9/c1-11(21(27)28)31-22(29)15-8-13(26)10-19-20(15)24(17-7-6-12(25)9-18(17)32-19)16-5-3-2-4-14(16)23(30)33-24/h2-11,25-26H,1H3,(H,27,28). The minimum absolute atomic E-state index is 0.0208. The maximum absolute atomic E-state index is 13.1. The number of aromatic hydroxyl groups is 2. The van der Waals surface area contributed by atoms with E-state index in [0.29, 0.717) is 11.1 Å². The summed E-state index contributed by atoms with van der Waals surface area (Å²) >= 11 is 0. The molecule has 2 unspecified atom stereocenters. The summed E-state index contributed by atoms with van der Waals surface area (Å²) in [7, 11) is 0. The zero-order valence-corrected chi connectivity index (χ0v) is 17.1. The molecule has 0 bridgehead atoms. The lowest BCUT2D eigenvalue weighted by Crippen LogP contribution is -2.35. The van der Waals surface area contributed by atoms with Crippen molar-refractivity contribution in [1.82, 2.24) is 0 Å². The highest BCUT2D eigenvalue weighted by atomic mass is 16.6. The molecule has 3 aromatic carbocycles. The van der Waals surface area contributed by atoms with E-state index in [2.05, 4.69) is 0 Å². The SMILES string of the molecule is CC(OC(=O)c1cc(O)cc2c1C1(OC(=O)c3ccccc31)c1ccc(O)cc1O2)C(=O)O. The topological polar surface area (TPSA) is 140 Å². The van der Waals surface area contributed by atoms with E-state index < -0.39 is 29.6 Å². The molecule has 0 amide bonds. The fourth-order valence-electron chi connectivity index (χ4n) is 4.22. The highest BCUT2D eigenvalue weighted by Gasteiger charge is 2.55. The summed E-state index contributed by atoms with van der Waals surface area (Å²) in [6, 6.07) is 13.1. The number of carbonyl (C=O) groups excluding carboxylic acids is 2. The smallest absolute Gasteiger partial charge is 0.344 e. The van der Waals surface area contributed by atoms with Gasteiger partial charge in [-0.3, -0.25) is 0 Å². The number of hydrogen-bond acceptors (Lipinski definition) is 8.